The number of aliphatic imine (C=N–C) groups is 1. The SMILES string of the molecule is COc1ccc(CN=C(N)NCC(C)(O)c2ccc(F)cc2)cc1OC. The Kier molecular flexibility index (Phi) is 6.41. The van der Waals surface area contributed by atoms with Crippen LogP contribution in [0.4, 0.5) is 4.39 Å². The van der Waals surface area contributed by atoms with E-state index in [2.05, 4.69) is 10.3 Å². The molecule has 0 spiro atoms. The summed E-state index contributed by atoms with van der Waals surface area (Å²) in [6, 6.07) is 11.2. The van der Waals surface area contributed by atoms with Crippen LogP contribution in [0.1, 0.15) is 18.1 Å². The molecule has 2 aromatic carbocycles. The highest BCUT2D eigenvalue weighted by atomic mass is 19.1. The zero-order valence-electron chi connectivity index (χ0n) is 15.1. The van der Waals surface area contributed by atoms with Gasteiger partial charge in [0.05, 0.1) is 27.3 Å². The molecule has 0 amide bonds. The number of nitrogens with one attached hydrogen (secondary N) is 1. The van der Waals surface area contributed by atoms with E-state index in [0.29, 0.717) is 23.6 Å². The lowest BCUT2D eigenvalue weighted by molar-refractivity contribution is 0.0618. The monoisotopic (exact) mass is 361 g/mol. The average molecular weight is 361 g/mol. The number of methoxy groups -OCH3 is 2. The van der Waals surface area contributed by atoms with Crippen LogP contribution in [-0.4, -0.2) is 31.8 Å². The predicted molar refractivity (Wildman–Crippen MR) is 98.8 cm³/mol. The molecule has 2 rings (SSSR count). The van der Waals surface area contributed by atoms with Crippen LogP contribution in [0.3, 0.4) is 0 Å². The van der Waals surface area contributed by atoms with Gasteiger partial charge in [-0.05, 0) is 42.3 Å². The summed E-state index contributed by atoms with van der Waals surface area (Å²) in [7, 11) is 3.14. The minimum absolute atomic E-state index is 0.139. The van der Waals surface area contributed by atoms with E-state index >= 15 is 0 Å². The maximum Gasteiger partial charge on any atom is 0.189 e. The summed E-state index contributed by atoms with van der Waals surface area (Å²) >= 11 is 0. The van der Waals surface area contributed by atoms with Crippen LogP contribution >= 0.6 is 0 Å². The summed E-state index contributed by atoms with van der Waals surface area (Å²) in [5.74, 6) is 1.10. The molecule has 140 valence electrons. The van der Waals surface area contributed by atoms with E-state index < -0.39 is 5.60 Å². The van der Waals surface area contributed by atoms with Gasteiger partial charge in [-0.1, -0.05) is 18.2 Å². The molecule has 1 unspecified atom stereocenters. The number of nitrogens with two attached hydrogens (primary N) is 1. The summed E-state index contributed by atoms with van der Waals surface area (Å²) < 4.78 is 23.4. The highest BCUT2D eigenvalue weighted by molar-refractivity contribution is 5.77. The van der Waals surface area contributed by atoms with Crippen molar-refractivity contribution in [2.24, 2.45) is 10.7 Å². The Labute approximate surface area is 152 Å². The Morgan fingerprint density at radius 3 is 2.42 bits per heavy atom. The lowest BCUT2D eigenvalue weighted by Crippen LogP contribution is -2.42. The molecule has 6 nitrogen and oxygen atoms in total. The summed E-state index contributed by atoms with van der Waals surface area (Å²) in [5.41, 5.74) is 6.14. The van der Waals surface area contributed by atoms with Gasteiger partial charge in [0, 0.05) is 0 Å². The third kappa shape index (κ3) is 5.10. The van der Waals surface area contributed by atoms with Crippen LogP contribution in [-0.2, 0) is 12.1 Å². The lowest BCUT2D eigenvalue weighted by Gasteiger charge is -2.24. The van der Waals surface area contributed by atoms with Crippen molar-refractivity contribution < 1.29 is 19.0 Å². The summed E-state index contributed by atoms with van der Waals surface area (Å²) in [6.45, 7) is 2.10. The van der Waals surface area contributed by atoms with E-state index in [9.17, 15) is 9.50 Å². The van der Waals surface area contributed by atoms with Crippen molar-refractivity contribution >= 4 is 5.96 Å². The summed E-state index contributed by atoms with van der Waals surface area (Å²) in [4.78, 5) is 4.25. The number of halogens is 1. The van der Waals surface area contributed by atoms with Crippen molar-refractivity contribution in [2.75, 3.05) is 20.8 Å². The van der Waals surface area contributed by atoms with Gasteiger partial charge in [0.2, 0.25) is 0 Å². The van der Waals surface area contributed by atoms with Crippen LogP contribution in [0.15, 0.2) is 47.5 Å². The molecular formula is C19H24FN3O3. The third-order valence-corrected chi connectivity index (χ3v) is 3.96. The van der Waals surface area contributed by atoms with Crippen LogP contribution in [0.25, 0.3) is 0 Å². The molecule has 0 bridgehead atoms. The summed E-state index contributed by atoms with van der Waals surface area (Å²) in [6.07, 6.45) is 0. The maximum atomic E-state index is 13.0. The maximum absolute atomic E-state index is 13.0. The van der Waals surface area contributed by atoms with E-state index in [1.807, 2.05) is 12.1 Å². The first-order valence-corrected chi connectivity index (χ1v) is 8.09. The van der Waals surface area contributed by atoms with Crippen molar-refractivity contribution in [2.45, 2.75) is 19.1 Å². The number of aliphatic hydroxyl groups is 1. The number of hydrogen-bond donors (Lipinski definition) is 3. The van der Waals surface area contributed by atoms with Gasteiger partial charge in [0.15, 0.2) is 17.5 Å². The molecule has 0 heterocycles. The zero-order valence-corrected chi connectivity index (χ0v) is 15.1. The van der Waals surface area contributed by atoms with E-state index in [1.54, 1.807) is 27.2 Å². The molecule has 0 aliphatic rings. The molecule has 0 saturated heterocycles. The highest BCUT2D eigenvalue weighted by Crippen LogP contribution is 2.27. The van der Waals surface area contributed by atoms with Gasteiger partial charge in [-0.25, -0.2) is 9.38 Å². The first-order chi connectivity index (χ1) is 12.4. The molecule has 26 heavy (non-hydrogen) atoms. The van der Waals surface area contributed by atoms with E-state index in [-0.39, 0.29) is 18.3 Å². The molecule has 2 aromatic rings. The van der Waals surface area contributed by atoms with E-state index in [4.69, 9.17) is 15.2 Å². The van der Waals surface area contributed by atoms with Crippen molar-refractivity contribution in [1.29, 1.82) is 0 Å². The van der Waals surface area contributed by atoms with Gasteiger partial charge in [0.1, 0.15) is 11.4 Å². The minimum Gasteiger partial charge on any atom is -0.493 e. The van der Waals surface area contributed by atoms with Gasteiger partial charge < -0.3 is 25.6 Å². The quantitative estimate of drug-likeness (QED) is 0.519. The third-order valence-electron chi connectivity index (χ3n) is 3.96. The number of hydrogen-bond acceptors (Lipinski definition) is 4. The molecular weight excluding hydrogens is 337 g/mol. The fraction of sp³-hybridized carbons (Fsp3) is 0.316. The average Bonchev–Trinajstić information content (AvgIpc) is 2.64. The molecule has 0 radical (unpaired) electrons. The van der Waals surface area contributed by atoms with Gasteiger partial charge in [-0.15, -0.1) is 0 Å². The Bertz CT molecular complexity index is 761. The standard InChI is InChI=1S/C19H24FN3O3/c1-19(24,14-5-7-15(20)8-6-14)12-23-18(21)22-11-13-4-9-16(25-2)17(10-13)26-3/h4-10,24H,11-12H2,1-3H3,(H3,21,22,23). The molecule has 0 saturated carbocycles. The largest absolute Gasteiger partial charge is 0.493 e. The Hall–Kier alpha value is -2.80. The first kappa shape index (κ1) is 19.5. The molecule has 0 aliphatic carbocycles. The van der Waals surface area contributed by atoms with Crippen LogP contribution in [0.5, 0.6) is 11.5 Å². The normalized spacial score (nSPS) is 13.8. The number of benzene rings is 2. The number of nitrogens with zero attached hydrogens (tertiary/aromatic N) is 1. The topological polar surface area (TPSA) is 89.1 Å². The molecule has 0 aliphatic heterocycles. The highest BCUT2D eigenvalue weighted by Gasteiger charge is 2.23. The van der Waals surface area contributed by atoms with Crippen molar-refractivity contribution in [3.8, 4) is 11.5 Å². The fourth-order valence-corrected chi connectivity index (χ4v) is 2.39. The second kappa shape index (κ2) is 8.53. The van der Waals surface area contributed by atoms with Crippen LogP contribution in [0.2, 0.25) is 0 Å². The zero-order chi connectivity index (χ0) is 19.2. The summed E-state index contributed by atoms with van der Waals surface area (Å²) in [5, 5.41) is 13.4. The number of ether oxygens (including phenoxy) is 2. The molecule has 4 N–H and O–H groups in total. The Morgan fingerprint density at radius 2 is 1.81 bits per heavy atom. The van der Waals surface area contributed by atoms with E-state index in [0.717, 1.165) is 5.56 Å². The first-order valence-electron chi connectivity index (χ1n) is 8.09. The predicted octanol–water partition coefficient (Wildman–Crippen LogP) is 2.15. The molecule has 1 atom stereocenters. The number of rotatable bonds is 7. The minimum atomic E-state index is -1.21. The van der Waals surface area contributed by atoms with Gasteiger partial charge >= 0.3 is 0 Å². The van der Waals surface area contributed by atoms with Gasteiger partial charge in [0.25, 0.3) is 0 Å². The van der Waals surface area contributed by atoms with Crippen molar-refractivity contribution in [3.05, 3.63) is 59.4 Å². The van der Waals surface area contributed by atoms with Gasteiger partial charge in [-0.2, -0.15) is 0 Å². The lowest BCUT2D eigenvalue weighted by atomic mass is 9.96. The second-order valence-corrected chi connectivity index (χ2v) is 6.03. The molecule has 0 aromatic heterocycles. The molecule has 0 fully saturated rings. The van der Waals surface area contributed by atoms with Crippen LogP contribution < -0.4 is 20.5 Å². The number of guanidine groups is 1. The van der Waals surface area contributed by atoms with Crippen molar-refractivity contribution in [1.82, 2.24) is 5.32 Å². The van der Waals surface area contributed by atoms with Crippen LogP contribution in [0, 0.1) is 5.82 Å². The smallest absolute Gasteiger partial charge is 0.189 e. The molecule has 7 heteroatoms. The van der Waals surface area contributed by atoms with Crippen molar-refractivity contribution in [3.63, 3.8) is 0 Å². The Balaban J connectivity index is 1.96. The Morgan fingerprint density at radius 1 is 1.15 bits per heavy atom. The van der Waals surface area contributed by atoms with Gasteiger partial charge in [-0.3, -0.25) is 0 Å². The van der Waals surface area contributed by atoms with E-state index in [1.165, 1.54) is 24.3 Å². The second-order valence-electron chi connectivity index (χ2n) is 6.03. The fourth-order valence-electron chi connectivity index (χ4n) is 2.39.